The number of anilines is 2. The van der Waals surface area contributed by atoms with E-state index < -0.39 is 0 Å². The highest BCUT2D eigenvalue weighted by atomic mass is 16.5. The molecule has 0 amide bonds. The van der Waals surface area contributed by atoms with Crippen molar-refractivity contribution in [3.05, 3.63) is 65.2 Å². The topological polar surface area (TPSA) is 76.3 Å². The number of nitrogens with two attached hydrogens (primary N) is 1. The molecule has 1 unspecified atom stereocenters. The number of aryl methyl sites for hydroxylation is 1. The lowest BCUT2D eigenvalue weighted by atomic mass is 10.0. The molecule has 4 rings (SSSR count). The van der Waals surface area contributed by atoms with Crippen LogP contribution < -0.4 is 15.8 Å². The molecule has 0 radical (unpaired) electrons. The molecule has 31 heavy (non-hydrogen) atoms. The third-order valence-electron chi connectivity index (χ3n) is 6.18. The Hall–Kier alpha value is -3.12. The van der Waals surface area contributed by atoms with Crippen LogP contribution in [0.15, 0.2) is 48.5 Å². The smallest absolute Gasteiger partial charge is 0.222 e. The summed E-state index contributed by atoms with van der Waals surface area (Å²) >= 11 is 0. The maximum absolute atomic E-state index is 6.07. The first-order chi connectivity index (χ1) is 15.0. The normalized spacial score (nSPS) is 15.1. The van der Waals surface area contributed by atoms with E-state index in [4.69, 9.17) is 10.5 Å². The van der Waals surface area contributed by atoms with Crippen LogP contribution in [0, 0.1) is 13.8 Å². The average Bonchev–Trinajstić information content (AvgIpc) is 3.30. The molecule has 2 heterocycles. The number of methoxy groups -OCH3 is 1. The van der Waals surface area contributed by atoms with Crippen LogP contribution in [0.3, 0.4) is 0 Å². The van der Waals surface area contributed by atoms with Crippen molar-refractivity contribution in [3.63, 3.8) is 0 Å². The first-order valence-corrected chi connectivity index (χ1v) is 10.9. The molecule has 6 heteroatoms. The van der Waals surface area contributed by atoms with Crippen molar-refractivity contribution in [2.45, 2.75) is 32.7 Å². The zero-order valence-corrected chi connectivity index (χ0v) is 18.6. The fourth-order valence-electron chi connectivity index (χ4n) is 4.26. The summed E-state index contributed by atoms with van der Waals surface area (Å²) in [5, 5.41) is 3.53. The van der Waals surface area contributed by atoms with Crippen molar-refractivity contribution in [1.29, 1.82) is 0 Å². The third-order valence-corrected chi connectivity index (χ3v) is 6.18. The highest BCUT2D eigenvalue weighted by molar-refractivity contribution is 5.68. The molecule has 1 aliphatic rings. The largest absolute Gasteiger partial charge is 0.497 e. The maximum atomic E-state index is 6.07. The van der Waals surface area contributed by atoms with Crippen molar-refractivity contribution in [2.75, 3.05) is 37.8 Å². The Balaban J connectivity index is 1.58. The molecule has 162 valence electrons. The molecule has 3 N–H and O–H groups in total. The quantitative estimate of drug-likeness (QED) is 0.585. The molecule has 1 saturated heterocycles. The molecular formula is C25H31N5O. The summed E-state index contributed by atoms with van der Waals surface area (Å²) in [6, 6.07) is 16.9. The number of nitrogen functional groups attached to an aromatic ring is 1. The number of nitrogens with zero attached hydrogens (tertiary/aromatic N) is 3. The Kier molecular flexibility index (Phi) is 6.37. The number of nitrogens with one attached hydrogen (secondary N) is 1. The van der Waals surface area contributed by atoms with Crippen LogP contribution in [0.2, 0.25) is 0 Å². The van der Waals surface area contributed by atoms with Crippen LogP contribution in [0.25, 0.3) is 11.3 Å². The summed E-state index contributed by atoms with van der Waals surface area (Å²) in [5.74, 6) is 1.91. The van der Waals surface area contributed by atoms with Gasteiger partial charge in [-0.25, -0.2) is 4.98 Å². The minimum atomic E-state index is 0.258. The van der Waals surface area contributed by atoms with Crippen molar-refractivity contribution < 1.29 is 4.74 Å². The number of benzene rings is 2. The van der Waals surface area contributed by atoms with E-state index in [1.165, 1.54) is 29.5 Å². The van der Waals surface area contributed by atoms with E-state index in [1.807, 2.05) is 18.2 Å². The van der Waals surface area contributed by atoms with E-state index in [0.717, 1.165) is 42.5 Å². The van der Waals surface area contributed by atoms with Gasteiger partial charge in [-0.1, -0.05) is 30.3 Å². The lowest BCUT2D eigenvalue weighted by molar-refractivity contribution is 0.255. The van der Waals surface area contributed by atoms with E-state index in [-0.39, 0.29) is 12.0 Å². The Labute approximate surface area is 184 Å². The Morgan fingerprint density at radius 3 is 2.52 bits per heavy atom. The van der Waals surface area contributed by atoms with Crippen molar-refractivity contribution in [2.24, 2.45) is 0 Å². The van der Waals surface area contributed by atoms with Crippen LogP contribution in [0.4, 0.5) is 11.8 Å². The maximum Gasteiger partial charge on any atom is 0.222 e. The van der Waals surface area contributed by atoms with Gasteiger partial charge < -0.3 is 15.8 Å². The highest BCUT2D eigenvalue weighted by Gasteiger charge is 2.23. The second-order valence-electron chi connectivity index (χ2n) is 8.16. The fourth-order valence-corrected chi connectivity index (χ4v) is 4.26. The lowest BCUT2D eigenvalue weighted by Crippen LogP contribution is -2.31. The summed E-state index contributed by atoms with van der Waals surface area (Å²) in [5.41, 5.74) is 11.7. The van der Waals surface area contributed by atoms with E-state index >= 15 is 0 Å². The van der Waals surface area contributed by atoms with Crippen LogP contribution in [0.5, 0.6) is 5.75 Å². The van der Waals surface area contributed by atoms with Gasteiger partial charge in [-0.15, -0.1) is 0 Å². The standard InChI is InChI=1S/C25H31N5O/c1-17-7-6-8-21(18(17)2)22-15-24(29-25(26)28-22)27-16-23(30-13-4-5-14-30)19-9-11-20(31-3)12-10-19/h6-12,15,23H,4-5,13-14,16H2,1-3H3,(H3,26,27,28,29). The Bertz CT molecular complexity index is 1030. The minimum Gasteiger partial charge on any atom is -0.497 e. The van der Waals surface area contributed by atoms with Gasteiger partial charge in [0.15, 0.2) is 0 Å². The molecule has 2 aromatic carbocycles. The zero-order chi connectivity index (χ0) is 21.8. The molecule has 0 aliphatic carbocycles. The van der Waals surface area contributed by atoms with Crippen LogP contribution in [-0.2, 0) is 0 Å². The monoisotopic (exact) mass is 417 g/mol. The van der Waals surface area contributed by atoms with Gasteiger partial charge in [-0.3, -0.25) is 4.90 Å². The summed E-state index contributed by atoms with van der Waals surface area (Å²) in [6.45, 7) is 7.19. The number of likely N-dealkylation sites (tertiary alicyclic amines) is 1. The van der Waals surface area contributed by atoms with E-state index in [0.29, 0.717) is 0 Å². The molecule has 0 bridgehead atoms. The molecular weight excluding hydrogens is 386 g/mol. The number of hydrogen-bond donors (Lipinski definition) is 2. The predicted molar refractivity (Wildman–Crippen MR) is 126 cm³/mol. The number of hydrogen-bond acceptors (Lipinski definition) is 6. The summed E-state index contributed by atoms with van der Waals surface area (Å²) in [7, 11) is 1.70. The molecule has 1 aromatic heterocycles. The Morgan fingerprint density at radius 2 is 1.81 bits per heavy atom. The first-order valence-electron chi connectivity index (χ1n) is 10.9. The second-order valence-corrected chi connectivity index (χ2v) is 8.16. The average molecular weight is 418 g/mol. The van der Waals surface area contributed by atoms with E-state index in [9.17, 15) is 0 Å². The van der Waals surface area contributed by atoms with E-state index in [2.05, 4.69) is 64.4 Å². The lowest BCUT2D eigenvalue weighted by Gasteiger charge is -2.28. The summed E-state index contributed by atoms with van der Waals surface area (Å²) in [6.07, 6.45) is 2.48. The van der Waals surface area contributed by atoms with Crippen molar-refractivity contribution in [1.82, 2.24) is 14.9 Å². The van der Waals surface area contributed by atoms with Crippen molar-refractivity contribution >= 4 is 11.8 Å². The zero-order valence-electron chi connectivity index (χ0n) is 18.6. The molecule has 1 aliphatic heterocycles. The van der Waals surface area contributed by atoms with Gasteiger partial charge in [0.1, 0.15) is 11.6 Å². The Morgan fingerprint density at radius 1 is 1.06 bits per heavy atom. The third kappa shape index (κ3) is 4.80. The first kappa shape index (κ1) is 21.1. The van der Waals surface area contributed by atoms with Gasteiger partial charge in [0.2, 0.25) is 5.95 Å². The highest BCUT2D eigenvalue weighted by Crippen LogP contribution is 2.29. The van der Waals surface area contributed by atoms with Gasteiger partial charge >= 0.3 is 0 Å². The SMILES string of the molecule is COc1ccc(C(CNc2cc(-c3cccc(C)c3C)nc(N)n2)N2CCCC2)cc1. The predicted octanol–water partition coefficient (Wildman–Crippen LogP) is 4.60. The van der Waals surface area contributed by atoms with Crippen molar-refractivity contribution in [3.8, 4) is 17.0 Å². The fraction of sp³-hybridized carbons (Fsp3) is 0.360. The van der Waals surface area contributed by atoms with Crippen LogP contribution in [-0.4, -0.2) is 41.6 Å². The number of aromatic nitrogens is 2. The molecule has 1 atom stereocenters. The second kappa shape index (κ2) is 9.35. The molecule has 6 nitrogen and oxygen atoms in total. The van der Waals surface area contributed by atoms with Gasteiger partial charge in [-0.2, -0.15) is 4.98 Å². The molecule has 3 aromatic rings. The summed E-state index contributed by atoms with van der Waals surface area (Å²) < 4.78 is 5.33. The number of ether oxygens (including phenoxy) is 1. The number of rotatable bonds is 7. The van der Waals surface area contributed by atoms with Gasteiger partial charge in [0.05, 0.1) is 18.8 Å². The molecule has 0 spiro atoms. The van der Waals surface area contributed by atoms with E-state index in [1.54, 1.807) is 7.11 Å². The minimum absolute atomic E-state index is 0.258. The van der Waals surface area contributed by atoms with Crippen LogP contribution >= 0.6 is 0 Å². The molecule has 1 fully saturated rings. The molecule has 0 saturated carbocycles. The van der Waals surface area contributed by atoms with Gasteiger partial charge in [0.25, 0.3) is 0 Å². The van der Waals surface area contributed by atoms with Crippen LogP contribution in [0.1, 0.15) is 35.6 Å². The van der Waals surface area contributed by atoms with Gasteiger partial charge in [0, 0.05) is 18.2 Å². The summed E-state index contributed by atoms with van der Waals surface area (Å²) in [4.78, 5) is 11.5. The van der Waals surface area contributed by atoms with Gasteiger partial charge in [-0.05, 0) is 68.6 Å².